The number of carbonyl (C=O) groups excluding carboxylic acids is 1. The first kappa shape index (κ1) is 13.4. The Morgan fingerprint density at radius 1 is 1.50 bits per heavy atom. The fraction of sp³-hybridized carbons (Fsp3) is 0.900. The molecule has 1 atom stereocenters. The molecule has 0 aliphatic heterocycles. The van der Waals surface area contributed by atoms with Gasteiger partial charge in [-0.25, -0.2) is 0 Å². The Kier molecular flexibility index (Phi) is 5.72. The Morgan fingerprint density at radius 2 is 2.00 bits per heavy atom. The van der Waals surface area contributed by atoms with Crippen LogP contribution in [0.4, 0.5) is 0 Å². The van der Waals surface area contributed by atoms with Crippen molar-refractivity contribution in [2.45, 2.75) is 51.7 Å². The van der Waals surface area contributed by atoms with Crippen LogP contribution in [0, 0.1) is 0 Å². The van der Waals surface area contributed by atoms with E-state index in [-0.39, 0.29) is 11.9 Å². The van der Waals surface area contributed by atoms with Crippen LogP contribution in [0.1, 0.15) is 40.0 Å². The van der Waals surface area contributed by atoms with Crippen LogP contribution < -0.4 is 11.1 Å². The number of carbonyl (C=O) groups is 1. The van der Waals surface area contributed by atoms with Crippen LogP contribution in [-0.2, 0) is 4.79 Å². The normalized spacial score (nSPS) is 13.8. The highest BCUT2D eigenvalue weighted by Gasteiger charge is 2.22. The van der Waals surface area contributed by atoms with Crippen LogP contribution in [0.5, 0.6) is 0 Å². The molecule has 0 aliphatic carbocycles. The van der Waals surface area contributed by atoms with Gasteiger partial charge in [-0.3, -0.25) is 4.79 Å². The molecular formula is C10H22N2O2. The minimum atomic E-state index is -0.770. The van der Waals surface area contributed by atoms with Gasteiger partial charge in [-0.1, -0.05) is 13.8 Å². The fourth-order valence-electron chi connectivity index (χ4n) is 1.13. The molecule has 0 bridgehead atoms. The van der Waals surface area contributed by atoms with Crippen molar-refractivity contribution in [3.05, 3.63) is 0 Å². The second-order valence-corrected chi connectivity index (χ2v) is 3.89. The summed E-state index contributed by atoms with van der Waals surface area (Å²) in [5, 5.41) is 12.6. The highest BCUT2D eigenvalue weighted by atomic mass is 16.3. The molecule has 4 nitrogen and oxygen atoms in total. The summed E-state index contributed by atoms with van der Waals surface area (Å²) in [6.07, 6.45) is 1.59. The van der Waals surface area contributed by atoms with Crippen LogP contribution >= 0.6 is 0 Å². The van der Waals surface area contributed by atoms with Gasteiger partial charge in [0.15, 0.2) is 0 Å². The Labute approximate surface area is 85.9 Å². The molecule has 0 aromatic rings. The van der Waals surface area contributed by atoms with Crippen LogP contribution in [-0.4, -0.2) is 29.2 Å². The monoisotopic (exact) mass is 202 g/mol. The van der Waals surface area contributed by atoms with Crippen LogP contribution in [0.3, 0.4) is 0 Å². The van der Waals surface area contributed by atoms with Gasteiger partial charge in [0.25, 0.3) is 0 Å². The number of hydrogen-bond donors (Lipinski definition) is 3. The van der Waals surface area contributed by atoms with E-state index < -0.39 is 5.60 Å². The molecule has 84 valence electrons. The second-order valence-electron chi connectivity index (χ2n) is 3.89. The SMILES string of the molecule is CCC(O)(CC)CNC(=O)CC(C)N. The third-order valence-electron chi connectivity index (χ3n) is 2.44. The van der Waals surface area contributed by atoms with E-state index >= 15 is 0 Å². The predicted octanol–water partition coefficient (Wildman–Crippen LogP) is 0.391. The van der Waals surface area contributed by atoms with Crippen LogP contribution in [0.2, 0.25) is 0 Å². The third kappa shape index (κ3) is 5.19. The van der Waals surface area contributed by atoms with E-state index in [0.717, 1.165) is 0 Å². The molecule has 0 aromatic carbocycles. The van der Waals surface area contributed by atoms with E-state index in [4.69, 9.17) is 5.73 Å². The molecule has 0 saturated carbocycles. The average molecular weight is 202 g/mol. The van der Waals surface area contributed by atoms with E-state index in [1.165, 1.54) is 0 Å². The molecule has 14 heavy (non-hydrogen) atoms. The van der Waals surface area contributed by atoms with Crippen molar-refractivity contribution < 1.29 is 9.90 Å². The van der Waals surface area contributed by atoms with Gasteiger partial charge in [0.2, 0.25) is 5.91 Å². The van der Waals surface area contributed by atoms with E-state index in [1.54, 1.807) is 6.92 Å². The van der Waals surface area contributed by atoms with Crippen molar-refractivity contribution in [2.75, 3.05) is 6.54 Å². The lowest BCUT2D eigenvalue weighted by Gasteiger charge is -2.25. The zero-order valence-corrected chi connectivity index (χ0v) is 9.34. The van der Waals surface area contributed by atoms with Gasteiger partial charge in [-0.2, -0.15) is 0 Å². The summed E-state index contributed by atoms with van der Waals surface area (Å²) in [4.78, 5) is 11.2. The van der Waals surface area contributed by atoms with E-state index in [9.17, 15) is 9.90 Å². The van der Waals surface area contributed by atoms with E-state index in [2.05, 4.69) is 5.32 Å². The molecule has 0 saturated heterocycles. The standard InChI is InChI=1S/C10H22N2O2/c1-4-10(14,5-2)7-12-9(13)6-8(3)11/h8,14H,4-7,11H2,1-3H3,(H,12,13). The molecule has 4 N–H and O–H groups in total. The fourth-order valence-corrected chi connectivity index (χ4v) is 1.13. The largest absolute Gasteiger partial charge is 0.388 e. The van der Waals surface area contributed by atoms with Crippen molar-refractivity contribution in [1.29, 1.82) is 0 Å². The number of aliphatic hydroxyl groups is 1. The predicted molar refractivity (Wildman–Crippen MR) is 56.8 cm³/mol. The quantitative estimate of drug-likeness (QED) is 0.583. The van der Waals surface area contributed by atoms with Gasteiger partial charge in [0, 0.05) is 19.0 Å². The minimum absolute atomic E-state index is 0.0969. The lowest BCUT2D eigenvalue weighted by atomic mass is 9.97. The van der Waals surface area contributed by atoms with Crippen molar-refractivity contribution >= 4 is 5.91 Å². The first-order valence-electron chi connectivity index (χ1n) is 5.18. The van der Waals surface area contributed by atoms with E-state index in [1.807, 2.05) is 13.8 Å². The second kappa shape index (κ2) is 5.98. The third-order valence-corrected chi connectivity index (χ3v) is 2.44. The van der Waals surface area contributed by atoms with Crippen molar-refractivity contribution in [3.63, 3.8) is 0 Å². The number of nitrogens with one attached hydrogen (secondary N) is 1. The van der Waals surface area contributed by atoms with Gasteiger partial charge < -0.3 is 16.2 Å². The first-order valence-corrected chi connectivity index (χ1v) is 5.18. The Hall–Kier alpha value is -0.610. The summed E-state index contributed by atoms with van der Waals surface area (Å²) in [6.45, 7) is 5.90. The number of nitrogens with two attached hydrogens (primary N) is 1. The van der Waals surface area contributed by atoms with Gasteiger partial charge in [0.1, 0.15) is 0 Å². The van der Waals surface area contributed by atoms with Crippen LogP contribution in [0.25, 0.3) is 0 Å². The molecular weight excluding hydrogens is 180 g/mol. The maximum Gasteiger partial charge on any atom is 0.221 e. The average Bonchev–Trinajstić information content (AvgIpc) is 2.13. The topological polar surface area (TPSA) is 75.3 Å². The number of amides is 1. The van der Waals surface area contributed by atoms with Gasteiger partial charge in [0.05, 0.1) is 5.60 Å². The molecule has 4 heteroatoms. The Morgan fingerprint density at radius 3 is 2.36 bits per heavy atom. The van der Waals surface area contributed by atoms with Gasteiger partial charge >= 0.3 is 0 Å². The summed E-state index contributed by atoms with van der Waals surface area (Å²) in [7, 11) is 0. The number of rotatable bonds is 6. The lowest BCUT2D eigenvalue weighted by Crippen LogP contribution is -2.43. The maximum atomic E-state index is 11.2. The van der Waals surface area contributed by atoms with Gasteiger partial charge in [-0.15, -0.1) is 0 Å². The lowest BCUT2D eigenvalue weighted by molar-refractivity contribution is -0.122. The minimum Gasteiger partial charge on any atom is -0.388 e. The highest BCUT2D eigenvalue weighted by molar-refractivity contribution is 5.76. The molecule has 1 unspecified atom stereocenters. The summed E-state index contributed by atoms with van der Waals surface area (Å²) in [5.74, 6) is -0.0969. The van der Waals surface area contributed by atoms with Crippen LogP contribution in [0.15, 0.2) is 0 Å². The summed E-state index contributed by atoms with van der Waals surface area (Å²) < 4.78 is 0. The van der Waals surface area contributed by atoms with Gasteiger partial charge in [-0.05, 0) is 19.8 Å². The zero-order chi connectivity index (χ0) is 11.2. The molecule has 0 rings (SSSR count). The summed E-state index contributed by atoms with van der Waals surface area (Å²) in [5.41, 5.74) is 4.70. The smallest absolute Gasteiger partial charge is 0.221 e. The van der Waals surface area contributed by atoms with Crippen molar-refractivity contribution in [2.24, 2.45) is 5.73 Å². The zero-order valence-electron chi connectivity index (χ0n) is 9.34. The Balaban J connectivity index is 3.86. The maximum absolute atomic E-state index is 11.2. The molecule has 0 aromatic heterocycles. The van der Waals surface area contributed by atoms with Crippen molar-refractivity contribution in [3.8, 4) is 0 Å². The number of hydrogen-bond acceptors (Lipinski definition) is 3. The molecule has 0 spiro atoms. The first-order chi connectivity index (χ1) is 6.43. The molecule has 0 radical (unpaired) electrons. The molecule has 0 heterocycles. The summed E-state index contributed by atoms with van der Waals surface area (Å²) >= 11 is 0. The molecule has 0 aliphatic rings. The highest BCUT2D eigenvalue weighted by Crippen LogP contribution is 2.12. The van der Waals surface area contributed by atoms with E-state index in [0.29, 0.717) is 25.8 Å². The van der Waals surface area contributed by atoms with Crippen molar-refractivity contribution in [1.82, 2.24) is 5.32 Å². The Bertz CT molecular complexity index is 177. The summed E-state index contributed by atoms with van der Waals surface area (Å²) in [6, 6.07) is -0.133. The molecule has 1 amide bonds. The molecule has 0 fully saturated rings.